The Morgan fingerprint density at radius 1 is 1.32 bits per heavy atom. The van der Waals surface area contributed by atoms with Gasteiger partial charge in [-0.25, -0.2) is 0 Å². The number of nitrogen functional groups attached to an aromatic ring is 1. The first-order chi connectivity index (χ1) is 12.0. The molecule has 0 bridgehead atoms. The Hall–Kier alpha value is -2.36. The van der Waals surface area contributed by atoms with E-state index >= 15 is 0 Å². The first-order valence-corrected chi connectivity index (χ1v) is 8.61. The fraction of sp³-hybridized carbons (Fsp3) is 0.368. The van der Waals surface area contributed by atoms with Crippen LogP contribution in [0.15, 0.2) is 24.3 Å². The SMILES string of the molecule is COc1ccc(-n2c(N)c(C#N)c3c(c2=S)COC(C(C)C)C3)cc1. The molecule has 1 atom stereocenters. The van der Waals surface area contributed by atoms with Gasteiger partial charge in [-0.3, -0.25) is 4.57 Å². The molecule has 3 rings (SSSR count). The average Bonchev–Trinajstić information content (AvgIpc) is 2.62. The zero-order valence-corrected chi connectivity index (χ0v) is 15.4. The smallest absolute Gasteiger partial charge is 0.127 e. The molecule has 0 saturated heterocycles. The molecule has 6 heteroatoms. The zero-order chi connectivity index (χ0) is 18.1. The first-order valence-electron chi connectivity index (χ1n) is 8.20. The van der Waals surface area contributed by atoms with Crippen LogP contribution in [0, 0.1) is 21.9 Å². The van der Waals surface area contributed by atoms with Crippen molar-refractivity contribution in [3.8, 4) is 17.5 Å². The minimum atomic E-state index is 0.0743. The van der Waals surface area contributed by atoms with Crippen molar-refractivity contribution < 1.29 is 9.47 Å². The summed E-state index contributed by atoms with van der Waals surface area (Å²) in [4.78, 5) is 0. The maximum absolute atomic E-state index is 9.71. The van der Waals surface area contributed by atoms with Crippen molar-refractivity contribution in [1.82, 2.24) is 4.57 Å². The van der Waals surface area contributed by atoms with Gasteiger partial charge < -0.3 is 15.2 Å². The molecule has 5 nitrogen and oxygen atoms in total. The lowest BCUT2D eigenvalue weighted by Gasteiger charge is -2.30. The normalized spacial score (nSPS) is 16.4. The number of fused-ring (bicyclic) bond motifs is 1. The molecule has 0 amide bonds. The van der Waals surface area contributed by atoms with Crippen LogP contribution < -0.4 is 10.5 Å². The average molecular weight is 355 g/mol. The van der Waals surface area contributed by atoms with Gasteiger partial charge in [0.05, 0.1) is 25.4 Å². The number of ether oxygens (including phenoxy) is 2. The molecule has 0 saturated carbocycles. The van der Waals surface area contributed by atoms with E-state index in [0.717, 1.165) is 22.6 Å². The van der Waals surface area contributed by atoms with Gasteiger partial charge in [0.25, 0.3) is 0 Å². The molecule has 2 N–H and O–H groups in total. The first kappa shape index (κ1) is 17.5. The van der Waals surface area contributed by atoms with Crippen molar-refractivity contribution in [1.29, 1.82) is 5.26 Å². The number of methoxy groups -OCH3 is 1. The molecule has 0 radical (unpaired) electrons. The third-order valence-corrected chi connectivity index (χ3v) is 5.09. The lowest BCUT2D eigenvalue weighted by Crippen LogP contribution is -2.29. The molecule has 1 unspecified atom stereocenters. The molecular weight excluding hydrogens is 334 g/mol. The molecule has 2 aromatic rings. The molecule has 0 aliphatic carbocycles. The summed E-state index contributed by atoms with van der Waals surface area (Å²) in [6, 6.07) is 9.70. The Bertz CT molecular complexity index is 895. The van der Waals surface area contributed by atoms with Crippen molar-refractivity contribution in [3.05, 3.63) is 45.6 Å². The summed E-state index contributed by atoms with van der Waals surface area (Å²) in [5.74, 6) is 1.49. The fourth-order valence-electron chi connectivity index (χ4n) is 3.16. The van der Waals surface area contributed by atoms with Gasteiger partial charge in [-0.05, 0) is 35.7 Å². The predicted octanol–water partition coefficient (Wildman–Crippen LogP) is 3.77. The van der Waals surface area contributed by atoms with Gasteiger partial charge in [0.15, 0.2) is 0 Å². The summed E-state index contributed by atoms with van der Waals surface area (Å²) in [7, 11) is 1.62. The third-order valence-electron chi connectivity index (χ3n) is 4.66. The number of nitriles is 1. The van der Waals surface area contributed by atoms with Crippen molar-refractivity contribution in [2.75, 3.05) is 12.8 Å². The highest BCUT2D eigenvalue weighted by molar-refractivity contribution is 7.71. The summed E-state index contributed by atoms with van der Waals surface area (Å²) < 4.78 is 13.5. The number of nitrogens with zero attached hydrogens (tertiary/aromatic N) is 2. The van der Waals surface area contributed by atoms with E-state index in [9.17, 15) is 5.26 Å². The molecule has 2 heterocycles. The monoisotopic (exact) mass is 355 g/mol. The van der Waals surface area contributed by atoms with Gasteiger partial charge in [-0.1, -0.05) is 26.1 Å². The van der Waals surface area contributed by atoms with Crippen molar-refractivity contribution in [2.24, 2.45) is 5.92 Å². The van der Waals surface area contributed by atoms with Crippen molar-refractivity contribution in [2.45, 2.75) is 33.0 Å². The molecule has 25 heavy (non-hydrogen) atoms. The minimum absolute atomic E-state index is 0.0743. The van der Waals surface area contributed by atoms with E-state index in [-0.39, 0.29) is 6.10 Å². The molecule has 130 valence electrons. The van der Waals surface area contributed by atoms with E-state index in [1.807, 2.05) is 24.3 Å². The molecule has 1 aliphatic rings. The lowest BCUT2D eigenvalue weighted by atomic mass is 9.91. The van der Waals surface area contributed by atoms with Crippen LogP contribution in [0.2, 0.25) is 0 Å². The number of hydrogen-bond donors (Lipinski definition) is 1. The van der Waals surface area contributed by atoms with Gasteiger partial charge in [0.1, 0.15) is 22.3 Å². The van der Waals surface area contributed by atoms with Crippen LogP contribution in [0.25, 0.3) is 5.69 Å². The van der Waals surface area contributed by atoms with Gasteiger partial charge in [-0.15, -0.1) is 0 Å². The highest BCUT2D eigenvalue weighted by Crippen LogP contribution is 2.33. The van der Waals surface area contributed by atoms with Crippen molar-refractivity contribution in [3.63, 3.8) is 0 Å². The molecular formula is C19H21N3O2S. The Morgan fingerprint density at radius 2 is 2.00 bits per heavy atom. The van der Waals surface area contributed by atoms with Crippen LogP contribution in [-0.2, 0) is 17.8 Å². The van der Waals surface area contributed by atoms with E-state index in [4.69, 9.17) is 27.4 Å². The van der Waals surface area contributed by atoms with Crippen LogP contribution in [-0.4, -0.2) is 17.8 Å². The van der Waals surface area contributed by atoms with E-state index < -0.39 is 0 Å². The number of anilines is 1. The van der Waals surface area contributed by atoms with Crippen LogP contribution in [0.5, 0.6) is 5.75 Å². The molecule has 0 fully saturated rings. The lowest BCUT2D eigenvalue weighted by molar-refractivity contribution is -0.000853. The van der Waals surface area contributed by atoms with Gasteiger partial charge in [-0.2, -0.15) is 5.26 Å². The predicted molar refractivity (Wildman–Crippen MR) is 99.4 cm³/mol. The Morgan fingerprint density at radius 3 is 2.56 bits per heavy atom. The minimum Gasteiger partial charge on any atom is -0.497 e. The van der Waals surface area contributed by atoms with Crippen molar-refractivity contribution >= 4 is 18.0 Å². The summed E-state index contributed by atoms with van der Waals surface area (Å²) in [6.07, 6.45) is 0.734. The van der Waals surface area contributed by atoms with E-state index in [1.54, 1.807) is 11.7 Å². The largest absolute Gasteiger partial charge is 0.497 e. The number of pyridine rings is 1. The second kappa shape index (κ2) is 6.87. The van der Waals surface area contributed by atoms with Gasteiger partial charge in [0, 0.05) is 17.7 Å². The fourth-order valence-corrected chi connectivity index (χ4v) is 3.54. The van der Waals surface area contributed by atoms with Crippen LogP contribution in [0.1, 0.15) is 30.5 Å². The Labute approximate surface area is 152 Å². The van der Waals surface area contributed by atoms with Crippen LogP contribution in [0.3, 0.4) is 0 Å². The van der Waals surface area contributed by atoms with Crippen LogP contribution >= 0.6 is 12.2 Å². The third kappa shape index (κ3) is 3.01. The second-order valence-corrected chi connectivity index (χ2v) is 6.85. The Kier molecular flexibility index (Phi) is 4.80. The van der Waals surface area contributed by atoms with Crippen LogP contribution in [0.4, 0.5) is 5.82 Å². The number of aromatic nitrogens is 1. The second-order valence-electron chi connectivity index (χ2n) is 6.47. The summed E-state index contributed by atoms with van der Waals surface area (Å²) >= 11 is 5.68. The number of benzene rings is 1. The highest BCUT2D eigenvalue weighted by atomic mass is 32.1. The Balaban J connectivity index is 2.19. The number of rotatable bonds is 3. The van der Waals surface area contributed by atoms with E-state index in [1.165, 1.54) is 0 Å². The maximum atomic E-state index is 9.71. The zero-order valence-electron chi connectivity index (χ0n) is 14.6. The van der Waals surface area contributed by atoms with Gasteiger partial charge >= 0.3 is 0 Å². The molecule has 1 aromatic heterocycles. The molecule has 1 aliphatic heterocycles. The highest BCUT2D eigenvalue weighted by Gasteiger charge is 2.28. The summed E-state index contributed by atoms with van der Waals surface area (Å²) in [5.41, 5.74) is 9.45. The van der Waals surface area contributed by atoms with E-state index in [0.29, 0.717) is 35.0 Å². The molecule has 0 spiro atoms. The summed E-state index contributed by atoms with van der Waals surface area (Å²) in [6.45, 7) is 4.63. The number of hydrogen-bond acceptors (Lipinski definition) is 5. The number of nitrogens with two attached hydrogens (primary N) is 1. The maximum Gasteiger partial charge on any atom is 0.127 e. The van der Waals surface area contributed by atoms with Gasteiger partial charge in [0.2, 0.25) is 0 Å². The quantitative estimate of drug-likeness (QED) is 0.849. The molecule has 1 aromatic carbocycles. The topological polar surface area (TPSA) is 73.2 Å². The summed E-state index contributed by atoms with van der Waals surface area (Å²) in [5, 5.41) is 9.71. The standard InChI is InChI=1S/C19H21N3O2S/c1-11(2)17-8-14-15(9-20)18(21)22(19(25)16(14)10-24-17)12-4-6-13(23-3)7-5-12/h4-7,11,17H,8,10,21H2,1-3H3. The van der Waals surface area contributed by atoms with E-state index in [2.05, 4.69) is 19.9 Å².